The number of ether oxygens (including phenoxy) is 1. The highest BCUT2D eigenvalue weighted by Gasteiger charge is 2.27. The second-order valence-corrected chi connectivity index (χ2v) is 9.88. The molecule has 2 aliphatic rings. The van der Waals surface area contributed by atoms with Gasteiger partial charge in [0, 0.05) is 0 Å². The summed E-state index contributed by atoms with van der Waals surface area (Å²) in [6.07, 6.45) is 0.913. The molecule has 0 spiro atoms. The summed E-state index contributed by atoms with van der Waals surface area (Å²) in [5.41, 5.74) is 0. The molecule has 2 rings (SSSR count). The van der Waals surface area contributed by atoms with Crippen LogP contribution in [0.25, 0.3) is 0 Å². The molecule has 2 aliphatic heterocycles. The molecule has 0 radical (unpaired) electrons. The first-order chi connectivity index (χ1) is 9.97. The van der Waals surface area contributed by atoms with E-state index in [1.165, 1.54) is 20.2 Å². The molecule has 21 heavy (non-hydrogen) atoms. The molecule has 0 N–H and O–H groups in total. The normalized spacial score (nSPS) is 19.6. The van der Waals surface area contributed by atoms with Crippen LogP contribution in [0.3, 0.4) is 0 Å². The van der Waals surface area contributed by atoms with Crippen molar-refractivity contribution in [2.45, 2.75) is 40.2 Å². The SMILES string of the molecule is CC(C)CC(OC(=O)C1=CSC(=C2SC=CS2)S1)C(C)C. The van der Waals surface area contributed by atoms with Gasteiger partial charge < -0.3 is 4.74 Å². The highest BCUT2D eigenvalue weighted by atomic mass is 32.2. The van der Waals surface area contributed by atoms with Gasteiger partial charge in [0.1, 0.15) is 11.0 Å². The second-order valence-electron chi connectivity index (χ2n) is 5.60. The van der Waals surface area contributed by atoms with E-state index in [2.05, 4.69) is 38.5 Å². The van der Waals surface area contributed by atoms with Crippen LogP contribution in [-0.4, -0.2) is 12.1 Å². The summed E-state index contributed by atoms with van der Waals surface area (Å²) in [7, 11) is 0. The first-order valence-corrected chi connectivity index (χ1v) is 10.4. The Labute approximate surface area is 144 Å². The zero-order valence-electron chi connectivity index (χ0n) is 12.6. The predicted octanol–water partition coefficient (Wildman–Crippen LogP) is 6.00. The number of carbonyl (C=O) groups is 1. The molecule has 0 aromatic heterocycles. The zero-order chi connectivity index (χ0) is 15.4. The molecule has 0 aromatic carbocycles. The lowest BCUT2D eigenvalue weighted by molar-refractivity contribution is -0.146. The van der Waals surface area contributed by atoms with Crippen molar-refractivity contribution in [2.75, 3.05) is 0 Å². The minimum Gasteiger partial charge on any atom is -0.458 e. The summed E-state index contributed by atoms with van der Waals surface area (Å²) >= 11 is 6.59. The van der Waals surface area contributed by atoms with E-state index in [9.17, 15) is 4.79 Å². The van der Waals surface area contributed by atoms with Crippen LogP contribution in [0.5, 0.6) is 0 Å². The number of hydrogen-bond acceptors (Lipinski definition) is 6. The molecule has 0 aromatic rings. The standard InChI is InChI=1S/C15H20O2S4/c1-9(2)7-11(10(3)4)17-13(16)12-8-20-15(21-12)14-18-5-6-19-14/h5-6,8-11H,7H2,1-4H3. The molecule has 0 saturated carbocycles. The van der Waals surface area contributed by atoms with E-state index < -0.39 is 0 Å². The van der Waals surface area contributed by atoms with Gasteiger partial charge in [-0.3, -0.25) is 0 Å². The topological polar surface area (TPSA) is 26.3 Å². The van der Waals surface area contributed by atoms with Crippen molar-refractivity contribution in [3.63, 3.8) is 0 Å². The van der Waals surface area contributed by atoms with Gasteiger partial charge in [-0.15, -0.1) is 0 Å². The van der Waals surface area contributed by atoms with Crippen molar-refractivity contribution in [1.82, 2.24) is 0 Å². The van der Waals surface area contributed by atoms with E-state index >= 15 is 0 Å². The Morgan fingerprint density at radius 3 is 2.33 bits per heavy atom. The van der Waals surface area contributed by atoms with Gasteiger partial charge in [0.15, 0.2) is 0 Å². The quantitative estimate of drug-likeness (QED) is 0.558. The summed E-state index contributed by atoms with van der Waals surface area (Å²) in [4.78, 5) is 13.0. The molecule has 2 nitrogen and oxygen atoms in total. The summed E-state index contributed by atoms with van der Waals surface area (Å²) in [5, 5.41) is 6.06. The number of esters is 1. The second kappa shape index (κ2) is 8.09. The fraction of sp³-hybridized carbons (Fsp3) is 0.533. The molecular formula is C15H20O2S4. The van der Waals surface area contributed by atoms with Crippen LogP contribution in [0, 0.1) is 11.8 Å². The van der Waals surface area contributed by atoms with Crippen LogP contribution in [0.4, 0.5) is 0 Å². The molecule has 0 fully saturated rings. The molecule has 0 saturated heterocycles. The molecule has 2 heterocycles. The van der Waals surface area contributed by atoms with Crippen LogP contribution in [0.2, 0.25) is 0 Å². The highest BCUT2D eigenvalue weighted by molar-refractivity contribution is 8.33. The Hall–Kier alpha value is 0.0900. The van der Waals surface area contributed by atoms with Gasteiger partial charge in [-0.2, -0.15) is 0 Å². The van der Waals surface area contributed by atoms with Gasteiger partial charge in [-0.05, 0) is 34.5 Å². The summed E-state index contributed by atoms with van der Waals surface area (Å²) in [6.45, 7) is 8.53. The van der Waals surface area contributed by atoms with Gasteiger partial charge in [0.05, 0.1) is 8.47 Å². The number of rotatable bonds is 5. The van der Waals surface area contributed by atoms with Gasteiger partial charge in [0.2, 0.25) is 0 Å². The van der Waals surface area contributed by atoms with E-state index in [1.54, 1.807) is 35.3 Å². The fourth-order valence-electron chi connectivity index (χ4n) is 1.85. The minimum atomic E-state index is -0.177. The van der Waals surface area contributed by atoms with E-state index in [4.69, 9.17) is 4.74 Å². The van der Waals surface area contributed by atoms with Crippen molar-refractivity contribution in [3.8, 4) is 0 Å². The maximum absolute atomic E-state index is 12.3. The van der Waals surface area contributed by atoms with Crippen LogP contribution in [0.1, 0.15) is 34.1 Å². The fourth-order valence-corrected chi connectivity index (χ4v) is 6.17. The highest BCUT2D eigenvalue weighted by Crippen LogP contribution is 2.53. The minimum absolute atomic E-state index is 0.00222. The van der Waals surface area contributed by atoms with Crippen LogP contribution in [0.15, 0.2) is 29.6 Å². The molecule has 0 bridgehead atoms. The van der Waals surface area contributed by atoms with Gasteiger partial charge >= 0.3 is 5.97 Å². The molecule has 116 valence electrons. The third-order valence-electron chi connectivity index (χ3n) is 2.95. The first-order valence-electron chi connectivity index (χ1n) is 6.95. The monoisotopic (exact) mass is 360 g/mol. The Balaban J connectivity index is 1.93. The summed E-state index contributed by atoms with van der Waals surface area (Å²) in [6, 6.07) is 0. The molecule has 1 unspecified atom stereocenters. The third-order valence-corrected chi connectivity index (χ3v) is 7.96. The Morgan fingerprint density at radius 1 is 1.10 bits per heavy atom. The Bertz CT molecular complexity index is 482. The van der Waals surface area contributed by atoms with E-state index in [-0.39, 0.29) is 12.1 Å². The van der Waals surface area contributed by atoms with Gasteiger partial charge in [-0.1, -0.05) is 74.7 Å². The molecule has 6 heteroatoms. The van der Waals surface area contributed by atoms with Crippen molar-refractivity contribution in [1.29, 1.82) is 0 Å². The number of thioether (sulfide) groups is 4. The van der Waals surface area contributed by atoms with Gasteiger partial charge in [-0.25, -0.2) is 4.79 Å². The largest absolute Gasteiger partial charge is 0.458 e. The van der Waals surface area contributed by atoms with Crippen LogP contribution in [-0.2, 0) is 9.53 Å². The van der Waals surface area contributed by atoms with E-state index in [0.29, 0.717) is 16.7 Å². The maximum Gasteiger partial charge on any atom is 0.345 e. The maximum atomic E-state index is 12.3. The zero-order valence-corrected chi connectivity index (χ0v) is 15.9. The third kappa shape index (κ3) is 5.05. The van der Waals surface area contributed by atoms with E-state index in [0.717, 1.165) is 6.42 Å². The first kappa shape index (κ1) is 17.4. The van der Waals surface area contributed by atoms with Crippen molar-refractivity contribution in [3.05, 3.63) is 29.6 Å². The van der Waals surface area contributed by atoms with E-state index in [1.807, 2.05) is 5.41 Å². The molecule has 0 aliphatic carbocycles. The predicted molar refractivity (Wildman–Crippen MR) is 98.8 cm³/mol. The van der Waals surface area contributed by atoms with Crippen molar-refractivity contribution < 1.29 is 9.53 Å². The smallest absolute Gasteiger partial charge is 0.345 e. The Kier molecular flexibility index (Phi) is 6.72. The lowest BCUT2D eigenvalue weighted by Gasteiger charge is -2.23. The molecule has 0 amide bonds. The lowest BCUT2D eigenvalue weighted by atomic mass is 9.97. The average Bonchev–Trinajstić information content (AvgIpc) is 3.08. The van der Waals surface area contributed by atoms with Crippen LogP contribution >= 0.6 is 47.0 Å². The lowest BCUT2D eigenvalue weighted by Crippen LogP contribution is -2.25. The Morgan fingerprint density at radius 2 is 1.76 bits per heavy atom. The number of carbonyl (C=O) groups excluding carboxylic acids is 1. The molecule has 1 atom stereocenters. The van der Waals surface area contributed by atoms with Crippen LogP contribution < -0.4 is 0 Å². The molecular weight excluding hydrogens is 340 g/mol. The summed E-state index contributed by atoms with van der Waals surface area (Å²) < 4.78 is 8.17. The van der Waals surface area contributed by atoms with Crippen molar-refractivity contribution >= 4 is 53.0 Å². The number of hydrogen-bond donors (Lipinski definition) is 0. The van der Waals surface area contributed by atoms with Gasteiger partial charge in [0.25, 0.3) is 0 Å². The summed E-state index contributed by atoms with van der Waals surface area (Å²) in [5.74, 6) is 0.696. The average molecular weight is 361 g/mol. The van der Waals surface area contributed by atoms with Crippen molar-refractivity contribution in [2.24, 2.45) is 11.8 Å².